The van der Waals surface area contributed by atoms with Crippen molar-refractivity contribution in [1.82, 2.24) is 0 Å². The van der Waals surface area contributed by atoms with Crippen LogP contribution in [0.1, 0.15) is 13.8 Å². The van der Waals surface area contributed by atoms with Crippen molar-refractivity contribution in [3.63, 3.8) is 0 Å². The smallest absolute Gasteiger partial charge is 0.169 e. The quantitative estimate of drug-likeness (QED) is 0.562. The first kappa shape index (κ1) is 17.2. The van der Waals surface area contributed by atoms with Gasteiger partial charge < -0.3 is 9.47 Å². The van der Waals surface area contributed by atoms with Crippen molar-refractivity contribution in [3.8, 4) is 11.5 Å². The molecular formula is C18H25BO2. The highest BCUT2D eigenvalue weighted by molar-refractivity contribution is 6.70. The van der Waals surface area contributed by atoms with Gasteiger partial charge in [0.15, 0.2) is 6.71 Å². The van der Waals surface area contributed by atoms with Crippen molar-refractivity contribution >= 4 is 12.2 Å². The zero-order chi connectivity index (χ0) is 14.2. The van der Waals surface area contributed by atoms with Gasteiger partial charge in [-0.2, -0.15) is 0 Å². The van der Waals surface area contributed by atoms with Gasteiger partial charge in [-0.05, 0) is 24.3 Å². The summed E-state index contributed by atoms with van der Waals surface area (Å²) in [4.78, 5) is 0. The van der Waals surface area contributed by atoms with E-state index in [9.17, 15) is 0 Å². The fourth-order valence-electron chi connectivity index (χ4n) is 1.90. The van der Waals surface area contributed by atoms with Gasteiger partial charge in [-0.25, -0.2) is 0 Å². The van der Waals surface area contributed by atoms with E-state index in [0.29, 0.717) is 19.9 Å². The molecule has 0 bridgehead atoms. The number of benzene rings is 2. The molecule has 2 rings (SSSR count). The second-order valence-electron chi connectivity index (χ2n) is 5.09. The molecule has 0 saturated heterocycles. The molecule has 0 aliphatic rings. The van der Waals surface area contributed by atoms with Crippen LogP contribution in [0.2, 0.25) is 13.6 Å². The van der Waals surface area contributed by atoms with Crippen LogP contribution in [-0.2, 0) is 0 Å². The topological polar surface area (TPSA) is 18.5 Å². The number of rotatable bonds is 7. The summed E-state index contributed by atoms with van der Waals surface area (Å²) < 4.78 is 11.3. The summed E-state index contributed by atoms with van der Waals surface area (Å²) in [7, 11) is 0. The third-order valence-corrected chi connectivity index (χ3v) is 3.12. The Balaban J connectivity index is 0.00000220. The predicted molar refractivity (Wildman–Crippen MR) is 92.3 cm³/mol. The summed E-state index contributed by atoms with van der Waals surface area (Å²) in [6.45, 7) is 6.29. The third kappa shape index (κ3) is 5.94. The van der Waals surface area contributed by atoms with Gasteiger partial charge in [-0.15, -0.1) is 0 Å². The van der Waals surface area contributed by atoms with E-state index in [1.165, 1.54) is 5.46 Å². The molecule has 2 nitrogen and oxygen atoms in total. The fraction of sp³-hybridized carbons (Fsp3) is 0.333. The summed E-state index contributed by atoms with van der Waals surface area (Å²) in [5.41, 5.74) is 1.34. The Bertz CT molecular complexity index is 494. The van der Waals surface area contributed by atoms with E-state index in [-0.39, 0.29) is 7.43 Å². The van der Waals surface area contributed by atoms with Crippen molar-refractivity contribution in [3.05, 3.63) is 54.6 Å². The molecule has 0 unspecified atom stereocenters. The lowest BCUT2D eigenvalue weighted by Gasteiger charge is -2.09. The van der Waals surface area contributed by atoms with E-state index in [4.69, 9.17) is 9.47 Å². The Morgan fingerprint density at radius 2 is 1.29 bits per heavy atom. The summed E-state index contributed by atoms with van der Waals surface area (Å²) in [5, 5.41) is 0. The maximum atomic E-state index is 5.70. The van der Waals surface area contributed by atoms with Crippen LogP contribution in [0.15, 0.2) is 54.6 Å². The molecule has 0 spiro atoms. The zero-order valence-electron chi connectivity index (χ0n) is 12.2. The van der Waals surface area contributed by atoms with Crippen molar-refractivity contribution in [2.45, 2.75) is 27.5 Å². The van der Waals surface area contributed by atoms with E-state index in [1.54, 1.807) is 0 Å². The Kier molecular flexibility index (Phi) is 7.45. The van der Waals surface area contributed by atoms with E-state index >= 15 is 0 Å². The number of ether oxygens (including phenoxy) is 2. The summed E-state index contributed by atoms with van der Waals surface area (Å²) >= 11 is 0. The second kappa shape index (κ2) is 9.12. The van der Waals surface area contributed by atoms with Crippen LogP contribution in [0.25, 0.3) is 0 Å². The predicted octanol–water partition coefficient (Wildman–Crippen LogP) is 4.13. The van der Waals surface area contributed by atoms with Gasteiger partial charge in [0.2, 0.25) is 0 Å². The van der Waals surface area contributed by atoms with Crippen LogP contribution in [0.3, 0.4) is 0 Å². The molecule has 112 valence electrons. The van der Waals surface area contributed by atoms with Crippen LogP contribution in [0, 0.1) is 0 Å². The number of hydrogen-bond acceptors (Lipinski definition) is 2. The molecule has 0 amide bonds. The first-order valence-corrected chi connectivity index (χ1v) is 7.16. The standard InChI is InChI=1S/C17H21BO2.CH4/c1-18(2)15-9-11-17(12-10-15)20-14-6-13-19-16-7-4-3-5-8-16;/h3-5,7-12H,6,13-14H2,1-2H3;1H4. The van der Waals surface area contributed by atoms with Crippen LogP contribution in [0.5, 0.6) is 11.5 Å². The Morgan fingerprint density at radius 1 is 0.762 bits per heavy atom. The second-order valence-corrected chi connectivity index (χ2v) is 5.09. The average molecular weight is 284 g/mol. The molecule has 3 heteroatoms. The van der Waals surface area contributed by atoms with Crippen molar-refractivity contribution in [2.24, 2.45) is 0 Å². The van der Waals surface area contributed by atoms with Gasteiger partial charge in [0, 0.05) is 6.42 Å². The lowest BCUT2D eigenvalue weighted by molar-refractivity contribution is 0.247. The summed E-state index contributed by atoms with van der Waals surface area (Å²) in [5.74, 6) is 1.84. The fourth-order valence-corrected chi connectivity index (χ4v) is 1.90. The molecular weight excluding hydrogens is 259 g/mol. The lowest BCUT2D eigenvalue weighted by atomic mass is 9.49. The highest BCUT2D eigenvalue weighted by Gasteiger charge is 2.02. The molecule has 0 N–H and O–H groups in total. The third-order valence-electron chi connectivity index (χ3n) is 3.12. The SMILES string of the molecule is C.CB(C)c1ccc(OCCCOc2ccccc2)cc1. The van der Waals surface area contributed by atoms with Crippen molar-refractivity contribution < 1.29 is 9.47 Å². The van der Waals surface area contributed by atoms with Gasteiger partial charge in [-0.3, -0.25) is 0 Å². The normalized spacial score (nSPS) is 9.62. The average Bonchev–Trinajstić information content (AvgIpc) is 2.48. The molecule has 0 aromatic heterocycles. The van der Waals surface area contributed by atoms with E-state index in [0.717, 1.165) is 17.9 Å². The molecule has 2 aromatic carbocycles. The Morgan fingerprint density at radius 3 is 1.81 bits per heavy atom. The molecule has 0 saturated carbocycles. The van der Waals surface area contributed by atoms with Gasteiger partial charge in [-0.1, -0.05) is 56.9 Å². The Hall–Kier alpha value is -1.90. The molecule has 21 heavy (non-hydrogen) atoms. The van der Waals surface area contributed by atoms with Gasteiger partial charge in [0.25, 0.3) is 0 Å². The number of hydrogen-bond donors (Lipinski definition) is 0. The van der Waals surface area contributed by atoms with E-state index in [2.05, 4.69) is 25.8 Å². The Labute approximate surface area is 129 Å². The maximum absolute atomic E-state index is 5.70. The first-order valence-electron chi connectivity index (χ1n) is 7.16. The van der Waals surface area contributed by atoms with Crippen LogP contribution < -0.4 is 14.9 Å². The minimum absolute atomic E-state index is 0. The highest BCUT2D eigenvalue weighted by atomic mass is 16.5. The molecule has 0 heterocycles. The van der Waals surface area contributed by atoms with Crippen LogP contribution in [-0.4, -0.2) is 19.9 Å². The van der Waals surface area contributed by atoms with Gasteiger partial charge in [0.05, 0.1) is 13.2 Å². The van der Waals surface area contributed by atoms with Gasteiger partial charge >= 0.3 is 0 Å². The molecule has 0 radical (unpaired) electrons. The maximum Gasteiger partial charge on any atom is 0.169 e. The summed E-state index contributed by atoms with van der Waals surface area (Å²) in [6, 6.07) is 18.2. The minimum Gasteiger partial charge on any atom is -0.493 e. The van der Waals surface area contributed by atoms with Crippen molar-refractivity contribution in [1.29, 1.82) is 0 Å². The lowest BCUT2D eigenvalue weighted by Crippen LogP contribution is -2.21. The minimum atomic E-state index is 0. The highest BCUT2D eigenvalue weighted by Crippen LogP contribution is 2.10. The van der Waals surface area contributed by atoms with Crippen molar-refractivity contribution in [2.75, 3.05) is 13.2 Å². The van der Waals surface area contributed by atoms with Crippen LogP contribution in [0.4, 0.5) is 0 Å². The first-order chi connectivity index (χ1) is 9.75. The largest absolute Gasteiger partial charge is 0.493 e. The van der Waals surface area contributed by atoms with Gasteiger partial charge in [0.1, 0.15) is 11.5 Å². The van der Waals surface area contributed by atoms with E-state index < -0.39 is 0 Å². The molecule has 2 aromatic rings. The summed E-state index contributed by atoms with van der Waals surface area (Å²) in [6.07, 6.45) is 0.876. The molecule has 0 fully saturated rings. The van der Waals surface area contributed by atoms with E-state index in [1.807, 2.05) is 42.5 Å². The zero-order valence-corrected chi connectivity index (χ0v) is 12.2. The van der Waals surface area contributed by atoms with Crippen LogP contribution >= 0.6 is 0 Å². The molecule has 0 atom stereocenters. The molecule has 0 aliphatic heterocycles. The molecule has 0 aliphatic carbocycles. The monoisotopic (exact) mass is 284 g/mol. The number of para-hydroxylation sites is 1.